The monoisotopic (exact) mass is 210 g/mol. The summed E-state index contributed by atoms with van der Waals surface area (Å²) in [6.07, 6.45) is 11.2. The summed E-state index contributed by atoms with van der Waals surface area (Å²) in [4.78, 5) is 11.0. The molecule has 86 valence electrons. The molecule has 2 rings (SSSR count). The predicted molar refractivity (Wildman–Crippen MR) is 59.7 cm³/mol. The van der Waals surface area contributed by atoms with Gasteiger partial charge in [-0.05, 0) is 24.7 Å². The molecule has 0 saturated heterocycles. The number of carboxylic acid groups (broad SMARTS) is 1. The first kappa shape index (κ1) is 11.0. The van der Waals surface area contributed by atoms with E-state index in [-0.39, 0.29) is 5.92 Å². The highest BCUT2D eigenvalue weighted by Gasteiger charge is 2.31. The molecule has 15 heavy (non-hydrogen) atoms. The van der Waals surface area contributed by atoms with Gasteiger partial charge in [0.25, 0.3) is 0 Å². The maximum atomic E-state index is 11.0. The molecule has 0 aromatic rings. The second-order valence-corrected chi connectivity index (χ2v) is 5.36. The zero-order chi connectivity index (χ0) is 10.7. The Morgan fingerprint density at radius 1 is 0.867 bits per heavy atom. The van der Waals surface area contributed by atoms with Gasteiger partial charge >= 0.3 is 5.97 Å². The highest BCUT2D eigenvalue weighted by atomic mass is 16.4. The summed E-state index contributed by atoms with van der Waals surface area (Å²) >= 11 is 0. The van der Waals surface area contributed by atoms with Crippen molar-refractivity contribution in [2.24, 2.45) is 17.8 Å². The van der Waals surface area contributed by atoms with E-state index in [0.717, 1.165) is 31.1 Å². The molecule has 2 unspecified atom stereocenters. The minimum absolute atomic E-state index is 0.0364. The molecule has 0 spiro atoms. The van der Waals surface area contributed by atoms with E-state index in [1.807, 2.05) is 0 Å². The first-order chi connectivity index (χ1) is 7.27. The van der Waals surface area contributed by atoms with Crippen LogP contribution in [-0.2, 0) is 4.79 Å². The van der Waals surface area contributed by atoms with Gasteiger partial charge in [0.15, 0.2) is 0 Å². The molecule has 2 nitrogen and oxygen atoms in total. The Morgan fingerprint density at radius 3 is 2.20 bits per heavy atom. The normalized spacial score (nSPS) is 33.9. The van der Waals surface area contributed by atoms with E-state index in [4.69, 9.17) is 5.11 Å². The van der Waals surface area contributed by atoms with Crippen LogP contribution in [0.15, 0.2) is 0 Å². The van der Waals surface area contributed by atoms with Gasteiger partial charge < -0.3 is 5.11 Å². The van der Waals surface area contributed by atoms with Gasteiger partial charge in [-0.25, -0.2) is 0 Å². The summed E-state index contributed by atoms with van der Waals surface area (Å²) in [7, 11) is 0. The maximum Gasteiger partial charge on any atom is 0.306 e. The smallest absolute Gasteiger partial charge is 0.306 e. The Labute approximate surface area is 92.1 Å². The molecule has 0 bridgehead atoms. The lowest BCUT2D eigenvalue weighted by Gasteiger charge is -2.35. The number of carbonyl (C=O) groups is 1. The molecule has 0 aliphatic heterocycles. The third-order valence-electron chi connectivity index (χ3n) is 4.38. The lowest BCUT2D eigenvalue weighted by molar-refractivity contribution is -0.143. The summed E-state index contributed by atoms with van der Waals surface area (Å²) < 4.78 is 0. The van der Waals surface area contributed by atoms with Gasteiger partial charge in [0.2, 0.25) is 0 Å². The summed E-state index contributed by atoms with van der Waals surface area (Å²) in [5.74, 6) is 0.974. The van der Waals surface area contributed by atoms with Gasteiger partial charge in [0.1, 0.15) is 0 Å². The summed E-state index contributed by atoms with van der Waals surface area (Å²) in [6.45, 7) is 0. The molecule has 2 fully saturated rings. The van der Waals surface area contributed by atoms with Gasteiger partial charge in [-0.1, -0.05) is 44.9 Å². The summed E-state index contributed by atoms with van der Waals surface area (Å²) in [5.41, 5.74) is 0. The van der Waals surface area contributed by atoms with Crippen LogP contribution in [0.25, 0.3) is 0 Å². The molecule has 2 saturated carbocycles. The van der Waals surface area contributed by atoms with E-state index in [2.05, 4.69) is 0 Å². The SMILES string of the molecule is O=C(O)C1CCCC(C2CCCCC2)C1. The van der Waals surface area contributed by atoms with Gasteiger partial charge in [0.05, 0.1) is 5.92 Å². The van der Waals surface area contributed by atoms with Crippen LogP contribution in [0.4, 0.5) is 0 Å². The summed E-state index contributed by atoms with van der Waals surface area (Å²) in [6, 6.07) is 0. The third-order valence-corrected chi connectivity index (χ3v) is 4.38. The van der Waals surface area contributed by atoms with Crippen molar-refractivity contribution in [3.8, 4) is 0 Å². The van der Waals surface area contributed by atoms with E-state index in [0.29, 0.717) is 0 Å². The number of hydrogen-bond donors (Lipinski definition) is 1. The Bertz CT molecular complexity index is 219. The fourth-order valence-electron chi connectivity index (χ4n) is 3.49. The van der Waals surface area contributed by atoms with Crippen molar-refractivity contribution >= 4 is 5.97 Å². The Kier molecular flexibility index (Phi) is 3.66. The third kappa shape index (κ3) is 2.73. The van der Waals surface area contributed by atoms with Crippen molar-refractivity contribution in [2.45, 2.75) is 57.8 Å². The lowest BCUT2D eigenvalue weighted by Crippen LogP contribution is -2.28. The van der Waals surface area contributed by atoms with Gasteiger partial charge in [-0.15, -0.1) is 0 Å². The molecule has 0 heterocycles. The Hall–Kier alpha value is -0.530. The van der Waals surface area contributed by atoms with Crippen molar-refractivity contribution < 1.29 is 9.90 Å². The van der Waals surface area contributed by atoms with E-state index in [1.54, 1.807) is 0 Å². The minimum atomic E-state index is -0.560. The summed E-state index contributed by atoms with van der Waals surface area (Å²) in [5, 5.41) is 9.05. The van der Waals surface area contributed by atoms with Crippen molar-refractivity contribution in [3.63, 3.8) is 0 Å². The number of aliphatic carboxylic acids is 1. The van der Waals surface area contributed by atoms with E-state index >= 15 is 0 Å². The van der Waals surface area contributed by atoms with Crippen LogP contribution in [0.3, 0.4) is 0 Å². The van der Waals surface area contributed by atoms with Crippen LogP contribution in [0.1, 0.15) is 57.8 Å². The molecule has 0 aromatic heterocycles. The van der Waals surface area contributed by atoms with Crippen molar-refractivity contribution in [1.82, 2.24) is 0 Å². The van der Waals surface area contributed by atoms with Gasteiger partial charge in [-0.2, -0.15) is 0 Å². The Balaban J connectivity index is 1.88. The molecule has 2 atom stereocenters. The highest BCUT2D eigenvalue weighted by Crippen LogP contribution is 2.40. The molecular formula is C13H22O2. The molecule has 0 radical (unpaired) electrons. The number of rotatable bonds is 2. The zero-order valence-electron chi connectivity index (χ0n) is 9.45. The number of hydrogen-bond acceptors (Lipinski definition) is 1. The van der Waals surface area contributed by atoms with Gasteiger partial charge in [0, 0.05) is 0 Å². The van der Waals surface area contributed by atoms with E-state index in [1.165, 1.54) is 38.5 Å². The molecule has 1 N–H and O–H groups in total. The van der Waals surface area contributed by atoms with Crippen molar-refractivity contribution in [2.75, 3.05) is 0 Å². The average molecular weight is 210 g/mol. The second kappa shape index (κ2) is 5.00. The van der Waals surface area contributed by atoms with Crippen LogP contribution in [0, 0.1) is 17.8 Å². The molecular weight excluding hydrogens is 188 g/mol. The molecule has 2 aliphatic carbocycles. The largest absolute Gasteiger partial charge is 0.481 e. The highest BCUT2D eigenvalue weighted by molar-refractivity contribution is 5.70. The minimum Gasteiger partial charge on any atom is -0.481 e. The van der Waals surface area contributed by atoms with Crippen LogP contribution in [0.5, 0.6) is 0 Å². The molecule has 2 heteroatoms. The predicted octanol–water partition coefficient (Wildman–Crippen LogP) is 3.46. The average Bonchev–Trinajstić information content (AvgIpc) is 2.30. The maximum absolute atomic E-state index is 11.0. The Morgan fingerprint density at radius 2 is 1.53 bits per heavy atom. The van der Waals surface area contributed by atoms with Gasteiger partial charge in [-0.3, -0.25) is 4.79 Å². The zero-order valence-corrected chi connectivity index (χ0v) is 9.45. The van der Waals surface area contributed by atoms with Crippen LogP contribution >= 0.6 is 0 Å². The fourth-order valence-corrected chi connectivity index (χ4v) is 3.49. The fraction of sp³-hybridized carbons (Fsp3) is 0.923. The van der Waals surface area contributed by atoms with E-state index < -0.39 is 5.97 Å². The van der Waals surface area contributed by atoms with Crippen LogP contribution in [-0.4, -0.2) is 11.1 Å². The number of carboxylic acids is 1. The van der Waals surface area contributed by atoms with Crippen LogP contribution < -0.4 is 0 Å². The quantitative estimate of drug-likeness (QED) is 0.758. The van der Waals surface area contributed by atoms with E-state index in [9.17, 15) is 4.79 Å². The standard InChI is InChI=1S/C13H22O2/c14-13(15)12-8-4-7-11(9-12)10-5-2-1-3-6-10/h10-12H,1-9H2,(H,14,15). The molecule has 0 aromatic carbocycles. The lowest BCUT2D eigenvalue weighted by atomic mass is 9.70. The first-order valence-corrected chi connectivity index (χ1v) is 6.50. The van der Waals surface area contributed by atoms with Crippen molar-refractivity contribution in [3.05, 3.63) is 0 Å². The second-order valence-electron chi connectivity index (χ2n) is 5.36. The van der Waals surface area contributed by atoms with Crippen LogP contribution in [0.2, 0.25) is 0 Å². The first-order valence-electron chi connectivity index (χ1n) is 6.50. The molecule has 2 aliphatic rings. The van der Waals surface area contributed by atoms with Crippen molar-refractivity contribution in [1.29, 1.82) is 0 Å². The molecule has 0 amide bonds. The topological polar surface area (TPSA) is 37.3 Å².